The van der Waals surface area contributed by atoms with Crippen molar-refractivity contribution in [3.8, 4) is 22.5 Å². The maximum Gasteiger partial charge on any atom is 0.216 e. The number of rotatable bonds is 4. The fourth-order valence-corrected chi connectivity index (χ4v) is 8.84. The van der Waals surface area contributed by atoms with E-state index in [1.807, 2.05) is 55.5 Å². The van der Waals surface area contributed by atoms with Crippen LogP contribution in [0.1, 0.15) is 58.4 Å². The molecule has 6 aromatic rings. The number of aryl methyl sites for hydroxylation is 1. The van der Waals surface area contributed by atoms with Gasteiger partial charge in [-0.25, -0.2) is 4.98 Å². The van der Waals surface area contributed by atoms with Gasteiger partial charge in [-0.05, 0) is 30.8 Å². The van der Waals surface area contributed by atoms with E-state index in [1.165, 1.54) is 15.5 Å². The van der Waals surface area contributed by atoms with Crippen molar-refractivity contribution in [3.05, 3.63) is 108 Å². The number of aromatic nitrogens is 3. The minimum atomic E-state index is -1.95. The SMILES string of the molecule is CC(C)(C)Cc1cc(-c2[c-]ccc(C(C)(C)C)c2)nc[c]1[Ge]([CH3])([CH3])[CH3].Cc1ccc2c(n1)oc1c(-c3ccccn3)[c-]ccc12.[Ir]. The summed E-state index contributed by atoms with van der Waals surface area (Å²) in [5.74, 6) is 7.36. The summed E-state index contributed by atoms with van der Waals surface area (Å²) < 4.78 is 7.47. The van der Waals surface area contributed by atoms with Crippen LogP contribution in [0, 0.1) is 24.5 Å². The van der Waals surface area contributed by atoms with E-state index in [2.05, 4.69) is 105 Å². The fraction of sp³-hybridized carbons (Fsp3) is 0.325. The zero-order valence-electron chi connectivity index (χ0n) is 28.8. The van der Waals surface area contributed by atoms with Crippen molar-refractivity contribution in [2.45, 2.75) is 77.6 Å². The van der Waals surface area contributed by atoms with Gasteiger partial charge in [-0.15, -0.1) is 18.2 Å². The molecule has 241 valence electrons. The predicted molar refractivity (Wildman–Crippen MR) is 192 cm³/mol. The number of pyridine rings is 3. The molecule has 0 N–H and O–H groups in total. The Balaban J connectivity index is 0.000000208. The van der Waals surface area contributed by atoms with E-state index in [4.69, 9.17) is 9.40 Å². The second kappa shape index (κ2) is 13.9. The van der Waals surface area contributed by atoms with Gasteiger partial charge in [0.25, 0.3) is 0 Å². The molecule has 0 unspecified atom stereocenters. The van der Waals surface area contributed by atoms with Crippen LogP contribution in [0.15, 0.2) is 83.5 Å². The minimum Gasteiger partial charge on any atom is -0.486 e. The van der Waals surface area contributed by atoms with Crippen LogP contribution in [0.25, 0.3) is 44.6 Å². The maximum absolute atomic E-state index is 5.94. The number of furan rings is 1. The third-order valence-electron chi connectivity index (χ3n) is 7.82. The third-order valence-corrected chi connectivity index (χ3v) is 12.2. The maximum atomic E-state index is 5.94. The molecule has 0 aliphatic heterocycles. The molecule has 2 aromatic carbocycles. The summed E-state index contributed by atoms with van der Waals surface area (Å²) in [5, 5.41) is 2.07. The number of hydrogen-bond acceptors (Lipinski definition) is 4. The van der Waals surface area contributed by atoms with Crippen molar-refractivity contribution < 1.29 is 24.5 Å². The Morgan fingerprint density at radius 3 is 2.20 bits per heavy atom. The number of benzene rings is 2. The van der Waals surface area contributed by atoms with Gasteiger partial charge in [0.1, 0.15) is 0 Å². The van der Waals surface area contributed by atoms with Crippen molar-refractivity contribution in [3.63, 3.8) is 0 Å². The minimum absolute atomic E-state index is 0. The average Bonchev–Trinajstić information content (AvgIpc) is 3.34. The second-order valence-electron chi connectivity index (χ2n) is 15.2. The van der Waals surface area contributed by atoms with Crippen molar-refractivity contribution in [2.75, 3.05) is 0 Å². The molecule has 0 atom stereocenters. The van der Waals surface area contributed by atoms with Gasteiger partial charge >= 0.3 is 158 Å². The molecule has 4 aromatic heterocycles. The van der Waals surface area contributed by atoms with E-state index in [0.717, 1.165) is 51.0 Å². The molecule has 0 saturated carbocycles. The summed E-state index contributed by atoms with van der Waals surface area (Å²) in [6, 6.07) is 29.2. The van der Waals surface area contributed by atoms with Crippen LogP contribution in [-0.2, 0) is 31.9 Å². The Morgan fingerprint density at radius 2 is 1.54 bits per heavy atom. The first-order valence-electron chi connectivity index (χ1n) is 15.7. The Hall–Kier alpha value is -3.12. The number of nitrogens with zero attached hydrogens (tertiary/aromatic N) is 3. The predicted octanol–water partition coefficient (Wildman–Crippen LogP) is 10.1. The molecule has 1 radical (unpaired) electrons. The van der Waals surface area contributed by atoms with Crippen LogP contribution in [0.4, 0.5) is 0 Å². The number of fused-ring (bicyclic) bond motifs is 3. The van der Waals surface area contributed by atoms with Gasteiger partial charge in [-0.1, -0.05) is 23.1 Å². The van der Waals surface area contributed by atoms with Gasteiger partial charge in [0.15, 0.2) is 0 Å². The molecular weight excluding hydrogens is 803 g/mol. The summed E-state index contributed by atoms with van der Waals surface area (Å²) in [4.78, 5) is 13.7. The number of hydrogen-bond donors (Lipinski definition) is 0. The average molecular weight is 849 g/mol. The Kier molecular flexibility index (Phi) is 10.8. The van der Waals surface area contributed by atoms with E-state index in [0.29, 0.717) is 5.71 Å². The molecule has 6 heteroatoms. The van der Waals surface area contributed by atoms with Crippen molar-refractivity contribution >= 4 is 39.7 Å². The third kappa shape index (κ3) is 8.42. The standard InChI is InChI=1S/C23H34GeN.C17H11N2O.Ir/c1-22(2,3)15-18-14-21(25-16-20(18)24(7,8)9)17-11-10-12-19(13-17)23(4,5)6;1-11-8-9-13-12-5-4-6-14(15-7-2-3-10-18-15)16(12)20-17(13)19-11;/h10,12-14,16H,15H2,1-9H3;2-5,7-10H,1H3;/q2*-1;. The Morgan fingerprint density at radius 1 is 0.804 bits per heavy atom. The van der Waals surface area contributed by atoms with Crippen LogP contribution in [-0.4, -0.2) is 28.2 Å². The van der Waals surface area contributed by atoms with Gasteiger partial charge in [-0.3, -0.25) is 0 Å². The van der Waals surface area contributed by atoms with E-state index in [9.17, 15) is 0 Å². The zero-order chi connectivity index (χ0) is 32.6. The Labute approximate surface area is 291 Å². The molecule has 6 rings (SSSR count). The second-order valence-corrected chi connectivity index (χ2v) is 25.7. The van der Waals surface area contributed by atoms with Crippen molar-refractivity contribution in [1.82, 2.24) is 15.0 Å². The summed E-state index contributed by atoms with van der Waals surface area (Å²) in [5.41, 5.74) is 9.52. The first-order valence-corrected chi connectivity index (χ1v) is 23.1. The topological polar surface area (TPSA) is 51.8 Å². The van der Waals surface area contributed by atoms with Crippen molar-refractivity contribution in [1.29, 1.82) is 0 Å². The first-order chi connectivity index (χ1) is 21.1. The Bertz CT molecular complexity index is 1940. The molecule has 0 aliphatic carbocycles. The molecule has 0 saturated heterocycles. The zero-order valence-corrected chi connectivity index (χ0v) is 33.3. The summed E-state index contributed by atoms with van der Waals surface area (Å²) >= 11 is -1.95. The van der Waals surface area contributed by atoms with E-state index >= 15 is 0 Å². The monoisotopic (exact) mass is 850 g/mol. The molecule has 46 heavy (non-hydrogen) atoms. The molecular formula is C40H45GeIrN3O-2. The van der Waals surface area contributed by atoms with E-state index < -0.39 is 13.3 Å². The van der Waals surface area contributed by atoms with Gasteiger partial charge in [0, 0.05) is 37.4 Å². The fourth-order valence-electron chi connectivity index (χ4n) is 5.53. The smallest absolute Gasteiger partial charge is 0.216 e. The molecule has 0 amide bonds. The molecule has 0 fully saturated rings. The van der Waals surface area contributed by atoms with Crippen LogP contribution < -0.4 is 4.40 Å². The molecule has 0 spiro atoms. The van der Waals surface area contributed by atoms with Gasteiger partial charge in [0.2, 0.25) is 5.71 Å². The van der Waals surface area contributed by atoms with Crippen LogP contribution >= 0.6 is 0 Å². The molecule has 0 aliphatic rings. The van der Waals surface area contributed by atoms with Gasteiger partial charge < -0.3 is 9.40 Å². The van der Waals surface area contributed by atoms with Gasteiger partial charge in [0.05, 0.1) is 5.58 Å². The van der Waals surface area contributed by atoms with E-state index in [1.54, 1.807) is 6.20 Å². The normalized spacial score (nSPS) is 12.0. The van der Waals surface area contributed by atoms with Crippen LogP contribution in [0.3, 0.4) is 0 Å². The van der Waals surface area contributed by atoms with Crippen LogP contribution in [0.5, 0.6) is 0 Å². The summed E-state index contributed by atoms with van der Waals surface area (Å²) in [6.07, 6.45) is 5.03. The van der Waals surface area contributed by atoms with Crippen molar-refractivity contribution in [2.24, 2.45) is 5.41 Å². The largest absolute Gasteiger partial charge is 0.486 e. The van der Waals surface area contributed by atoms with E-state index in [-0.39, 0.29) is 30.9 Å². The summed E-state index contributed by atoms with van der Waals surface area (Å²) in [6.45, 7) is 15.7. The quantitative estimate of drug-likeness (QED) is 0.131. The molecule has 0 bridgehead atoms. The molecule has 4 nitrogen and oxygen atoms in total. The molecule has 4 heterocycles. The van der Waals surface area contributed by atoms with Gasteiger partial charge in [-0.2, -0.15) is 0 Å². The first kappa shape index (κ1) is 35.7. The summed E-state index contributed by atoms with van der Waals surface area (Å²) in [7, 11) is 0. The van der Waals surface area contributed by atoms with Crippen LogP contribution in [0.2, 0.25) is 17.3 Å².